The van der Waals surface area contributed by atoms with Crippen molar-refractivity contribution in [3.63, 3.8) is 0 Å². The largest absolute Gasteiger partial charge is 0.492 e. The van der Waals surface area contributed by atoms with Gasteiger partial charge in [-0.3, -0.25) is 0 Å². The maximum atomic E-state index is 5.55. The smallest absolute Gasteiger partial charge is 0.204 e. The Bertz CT molecular complexity index is 352. The predicted molar refractivity (Wildman–Crippen MR) is 56.7 cm³/mol. The number of methoxy groups -OCH3 is 1. The number of benzene rings is 1. The van der Waals surface area contributed by atoms with E-state index in [1.165, 1.54) is 0 Å². The summed E-state index contributed by atoms with van der Waals surface area (Å²) in [6.07, 6.45) is 0. The average Bonchev–Trinajstić information content (AvgIpc) is 2.29. The van der Waals surface area contributed by atoms with Crippen LogP contribution in [-0.2, 0) is 6.54 Å². The van der Waals surface area contributed by atoms with Gasteiger partial charge in [0.25, 0.3) is 0 Å². The van der Waals surface area contributed by atoms with Crippen LogP contribution in [0.5, 0.6) is 17.2 Å². The number of fused-ring (bicyclic) bond motifs is 1. The zero-order chi connectivity index (χ0) is 10.7. The monoisotopic (exact) mass is 209 g/mol. The van der Waals surface area contributed by atoms with Gasteiger partial charge >= 0.3 is 0 Å². The van der Waals surface area contributed by atoms with Crippen LogP contribution in [0.1, 0.15) is 5.56 Å². The van der Waals surface area contributed by atoms with Crippen molar-refractivity contribution in [1.29, 1.82) is 0 Å². The Kier molecular flexibility index (Phi) is 2.97. The molecule has 0 fully saturated rings. The van der Waals surface area contributed by atoms with Gasteiger partial charge in [0, 0.05) is 12.1 Å². The summed E-state index contributed by atoms with van der Waals surface area (Å²) in [6.45, 7) is 1.92. The van der Waals surface area contributed by atoms with Gasteiger partial charge in [0.05, 0.1) is 7.11 Å². The maximum absolute atomic E-state index is 5.55. The Morgan fingerprint density at radius 2 is 2.13 bits per heavy atom. The first-order chi connectivity index (χ1) is 7.36. The molecule has 1 aliphatic rings. The lowest BCUT2D eigenvalue weighted by Gasteiger charge is -2.22. The molecule has 0 radical (unpaired) electrons. The van der Waals surface area contributed by atoms with Crippen LogP contribution in [0.2, 0.25) is 0 Å². The van der Waals surface area contributed by atoms with E-state index in [1.807, 2.05) is 19.2 Å². The van der Waals surface area contributed by atoms with Crippen molar-refractivity contribution in [2.24, 2.45) is 0 Å². The first kappa shape index (κ1) is 10.1. The highest BCUT2D eigenvalue weighted by atomic mass is 16.6. The minimum absolute atomic E-state index is 0.576. The summed E-state index contributed by atoms with van der Waals surface area (Å²) in [5, 5.41) is 3.09. The van der Waals surface area contributed by atoms with Crippen molar-refractivity contribution >= 4 is 0 Å². The molecule has 0 atom stereocenters. The van der Waals surface area contributed by atoms with Crippen LogP contribution in [0, 0.1) is 0 Å². The van der Waals surface area contributed by atoms with Crippen LogP contribution in [0.3, 0.4) is 0 Å². The Labute approximate surface area is 89.1 Å². The van der Waals surface area contributed by atoms with Crippen molar-refractivity contribution in [2.45, 2.75) is 6.54 Å². The van der Waals surface area contributed by atoms with Crippen LogP contribution in [0.25, 0.3) is 0 Å². The highest BCUT2D eigenvalue weighted by Gasteiger charge is 2.19. The molecule has 0 aromatic heterocycles. The van der Waals surface area contributed by atoms with E-state index in [0.29, 0.717) is 13.2 Å². The third kappa shape index (κ3) is 1.85. The summed E-state index contributed by atoms with van der Waals surface area (Å²) >= 11 is 0. The minimum Gasteiger partial charge on any atom is -0.492 e. The molecule has 4 heteroatoms. The molecule has 0 saturated heterocycles. The molecule has 0 saturated carbocycles. The molecule has 0 spiro atoms. The molecule has 4 nitrogen and oxygen atoms in total. The number of hydrogen-bond donors (Lipinski definition) is 1. The molecule has 82 valence electrons. The van der Waals surface area contributed by atoms with Gasteiger partial charge in [0.1, 0.15) is 13.2 Å². The molecule has 1 heterocycles. The van der Waals surface area contributed by atoms with E-state index in [9.17, 15) is 0 Å². The molecule has 1 aromatic carbocycles. The summed E-state index contributed by atoms with van der Waals surface area (Å²) in [5.41, 5.74) is 1.07. The topological polar surface area (TPSA) is 39.7 Å². The van der Waals surface area contributed by atoms with E-state index in [1.54, 1.807) is 7.11 Å². The van der Waals surface area contributed by atoms with Crippen LogP contribution in [0.15, 0.2) is 12.1 Å². The Morgan fingerprint density at radius 1 is 1.33 bits per heavy atom. The van der Waals surface area contributed by atoms with E-state index in [2.05, 4.69) is 5.32 Å². The Hall–Kier alpha value is -1.42. The zero-order valence-corrected chi connectivity index (χ0v) is 9.00. The van der Waals surface area contributed by atoms with Crippen molar-refractivity contribution in [3.05, 3.63) is 17.7 Å². The first-order valence-corrected chi connectivity index (χ1v) is 4.97. The summed E-state index contributed by atoms with van der Waals surface area (Å²) in [7, 11) is 3.54. The molecule has 0 bridgehead atoms. The van der Waals surface area contributed by atoms with E-state index in [-0.39, 0.29) is 0 Å². The molecule has 2 rings (SSSR count). The van der Waals surface area contributed by atoms with E-state index in [4.69, 9.17) is 14.2 Å². The molecular weight excluding hydrogens is 194 g/mol. The second-order valence-electron chi connectivity index (χ2n) is 3.31. The molecule has 0 unspecified atom stereocenters. The fourth-order valence-corrected chi connectivity index (χ4v) is 1.68. The summed E-state index contributed by atoms with van der Waals surface area (Å²) < 4.78 is 16.4. The quantitative estimate of drug-likeness (QED) is 0.811. The van der Waals surface area contributed by atoms with Gasteiger partial charge in [-0.05, 0) is 13.1 Å². The average molecular weight is 209 g/mol. The highest BCUT2D eigenvalue weighted by Crippen LogP contribution is 2.41. The Morgan fingerprint density at radius 3 is 2.87 bits per heavy atom. The number of hydrogen-bond acceptors (Lipinski definition) is 4. The molecule has 1 N–H and O–H groups in total. The summed E-state index contributed by atoms with van der Waals surface area (Å²) in [5.74, 6) is 2.25. The van der Waals surface area contributed by atoms with Crippen LogP contribution >= 0.6 is 0 Å². The second kappa shape index (κ2) is 4.40. The predicted octanol–water partition coefficient (Wildman–Crippen LogP) is 1.19. The van der Waals surface area contributed by atoms with E-state index >= 15 is 0 Å². The number of ether oxygens (including phenoxy) is 3. The lowest BCUT2D eigenvalue weighted by molar-refractivity contribution is 0.164. The van der Waals surface area contributed by atoms with Crippen molar-refractivity contribution in [2.75, 3.05) is 27.4 Å². The van der Waals surface area contributed by atoms with Crippen LogP contribution in [0.4, 0.5) is 0 Å². The molecule has 0 aliphatic carbocycles. The summed E-state index contributed by atoms with van der Waals surface area (Å²) in [6, 6.07) is 3.91. The SMILES string of the molecule is CNCc1ccc2c(c1OC)OCCO2. The van der Waals surface area contributed by atoms with Gasteiger partial charge in [-0.25, -0.2) is 0 Å². The molecule has 1 aromatic rings. The van der Waals surface area contributed by atoms with Gasteiger partial charge in [0.2, 0.25) is 5.75 Å². The summed E-state index contributed by atoms with van der Waals surface area (Å²) in [4.78, 5) is 0. The van der Waals surface area contributed by atoms with E-state index in [0.717, 1.165) is 29.4 Å². The lowest BCUT2D eigenvalue weighted by Crippen LogP contribution is -2.17. The van der Waals surface area contributed by atoms with Gasteiger partial charge in [0.15, 0.2) is 11.5 Å². The molecule has 15 heavy (non-hydrogen) atoms. The molecule has 1 aliphatic heterocycles. The molecular formula is C11H15NO3. The number of rotatable bonds is 3. The minimum atomic E-state index is 0.576. The van der Waals surface area contributed by atoms with Crippen LogP contribution < -0.4 is 19.5 Å². The fraction of sp³-hybridized carbons (Fsp3) is 0.455. The Balaban J connectivity index is 2.42. The van der Waals surface area contributed by atoms with Crippen molar-refractivity contribution in [1.82, 2.24) is 5.32 Å². The maximum Gasteiger partial charge on any atom is 0.204 e. The third-order valence-corrected chi connectivity index (χ3v) is 2.32. The standard InChI is InChI=1S/C11H15NO3/c1-12-7-8-3-4-9-11(10(8)13-2)15-6-5-14-9/h3-4,12H,5-7H2,1-2H3. The highest BCUT2D eigenvalue weighted by molar-refractivity contribution is 5.56. The molecule has 0 amide bonds. The van der Waals surface area contributed by atoms with Gasteiger partial charge < -0.3 is 19.5 Å². The number of nitrogens with one attached hydrogen (secondary N) is 1. The second-order valence-corrected chi connectivity index (χ2v) is 3.31. The van der Waals surface area contributed by atoms with Crippen molar-refractivity contribution < 1.29 is 14.2 Å². The third-order valence-electron chi connectivity index (χ3n) is 2.32. The van der Waals surface area contributed by atoms with Crippen molar-refractivity contribution in [3.8, 4) is 17.2 Å². The first-order valence-electron chi connectivity index (χ1n) is 4.97. The van der Waals surface area contributed by atoms with Gasteiger partial charge in [-0.15, -0.1) is 0 Å². The zero-order valence-electron chi connectivity index (χ0n) is 9.00. The van der Waals surface area contributed by atoms with Crippen LogP contribution in [-0.4, -0.2) is 27.4 Å². The normalized spacial score (nSPS) is 13.7. The lowest BCUT2D eigenvalue weighted by atomic mass is 10.1. The fourth-order valence-electron chi connectivity index (χ4n) is 1.68. The van der Waals surface area contributed by atoms with E-state index < -0.39 is 0 Å². The van der Waals surface area contributed by atoms with Gasteiger partial charge in [-0.2, -0.15) is 0 Å². The van der Waals surface area contributed by atoms with Gasteiger partial charge in [-0.1, -0.05) is 6.07 Å².